The number of carbonyl (C=O) groups excluding carboxylic acids is 1. The van der Waals surface area contributed by atoms with Crippen LogP contribution in [0.3, 0.4) is 0 Å². The number of thiophene rings is 1. The van der Waals surface area contributed by atoms with Gasteiger partial charge in [0.15, 0.2) is 0 Å². The van der Waals surface area contributed by atoms with E-state index < -0.39 is 0 Å². The van der Waals surface area contributed by atoms with E-state index in [1.807, 2.05) is 23.6 Å². The van der Waals surface area contributed by atoms with Gasteiger partial charge in [0.1, 0.15) is 4.88 Å². The molecule has 1 aliphatic heterocycles. The number of nitrogens with zero attached hydrogens (tertiary/aromatic N) is 1. The fraction of sp³-hybridized carbons (Fsp3) is 0.154. The van der Waals surface area contributed by atoms with Gasteiger partial charge in [0.25, 0.3) is 5.91 Å². The molecule has 1 aliphatic rings. The molecule has 2 aromatic rings. The second-order valence-electron chi connectivity index (χ2n) is 4.19. The van der Waals surface area contributed by atoms with Crippen molar-refractivity contribution in [3.05, 3.63) is 45.1 Å². The number of nitrogens with two attached hydrogens (primary N) is 1. The molecule has 0 fully saturated rings. The van der Waals surface area contributed by atoms with Crippen molar-refractivity contribution in [2.24, 2.45) is 0 Å². The fourth-order valence-electron chi connectivity index (χ4n) is 2.20. The molecule has 0 bridgehead atoms. The van der Waals surface area contributed by atoms with Crippen molar-refractivity contribution >= 4 is 40.2 Å². The van der Waals surface area contributed by atoms with Crippen molar-refractivity contribution in [1.82, 2.24) is 0 Å². The predicted octanol–water partition coefficient (Wildman–Crippen LogP) is 3.19. The van der Waals surface area contributed by atoms with E-state index in [1.165, 1.54) is 11.3 Å². The predicted molar refractivity (Wildman–Crippen MR) is 75.6 cm³/mol. The van der Waals surface area contributed by atoms with Crippen molar-refractivity contribution in [2.45, 2.75) is 6.42 Å². The minimum absolute atomic E-state index is 0.0291. The molecule has 1 aromatic carbocycles. The first-order chi connectivity index (χ1) is 8.66. The summed E-state index contributed by atoms with van der Waals surface area (Å²) in [4.78, 5) is 14.8. The second kappa shape index (κ2) is 4.30. The largest absolute Gasteiger partial charge is 0.399 e. The summed E-state index contributed by atoms with van der Waals surface area (Å²) >= 11 is 7.38. The summed E-state index contributed by atoms with van der Waals surface area (Å²) in [7, 11) is 0. The van der Waals surface area contributed by atoms with Crippen LogP contribution >= 0.6 is 22.9 Å². The first kappa shape index (κ1) is 11.6. The molecule has 0 radical (unpaired) electrons. The monoisotopic (exact) mass is 278 g/mol. The highest BCUT2D eigenvalue weighted by Crippen LogP contribution is 2.33. The Kier molecular flexibility index (Phi) is 2.76. The van der Waals surface area contributed by atoms with E-state index >= 15 is 0 Å². The van der Waals surface area contributed by atoms with Crippen LogP contribution in [0.4, 0.5) is 11.4 Å². The van der Waals surface area contributed by atoms with Gasteiger partial charge in [-0.15, -0.1) is 11.3 Å². The van der Waals surface area contributed by atoms with Crippen LogP contribution in [0.1, 0.15) is 15.2 Å². The maximum Gasteiger partial charge on any atom is 0.269 e. The lowest BCUT2D eigenvalue weighted by atomic mass is 10.1. The summed E-state index contributed by atoms with van der Waals surface area (Å²) in [5.74, 6) is -0.0291. The molecule has 3 rings (SSSR count). The quantitative estimate of drug-likeness (QED) is 0.815. The van der Waals surface area contributed by atoms with Crippen molar-refractivity contribution in [1.29, 1.82) is 0 Å². The Morgan fingerprint density at radius 2 is 2.22 bits per heavy atom. The number of nitrogen functional groups attached to an aromatic ring is 1. The van der Waals surface area contributed by atoms with Crippen molar-refractivity contribution < 1.29 is 4.79 Å². The Balaban J connectivity index is 1.98. The molecule has 92 valence electrons. The van der Waals surface area contributed by atoms with E-state index in [9.17, 15) is 4.79 Å². The minimum Gasteiger partial charge on any atom is -0.399 e. The van der Waals surface area contributed by atoms with Gasteiger partial charge < -0.3 is 10.6 Å². The molecular formula is C13H11ClN2OS. The molecule has 0 aliphatic carbocycles. The lowest BCUT2D eigenvalue weighted by Crippen LogP contribution is -2.28. The average Bonchev–Trinajstić information content (AvgIpc) is 2.94. The average molecular weight is 279 g/mol. The van der Waals surface area contributed by atoms with E-state index in [2.05, 4.69) is 0 Å². The summed E-state index contributed by atoms with van der Waals surface area (Å²) in [5, 5.41) is 2.35. The topological polar surface area (TPSA) is 46.3 Å². The highest BCUT2D eigenvalue weighted by molar-refractivity contribution is 7.12. The molecule has 1 amide bonds. The van der Waals surface area contributed by atoms with Gasteiger partial charge in [-0.2, -0.15) is 0 Å². The number of hydrogen-bond donors (Lipinski definition) is 1. The molecule has 2 heterocycles. The zero-order chi connectivity index (χ0) is 12.7. The van der Waals surface area contributed by atoms with Gasteiger partial charge in [-0.3, -0.25) is 4.79 Å². The highest BCUT2D eigenvalue weighted by Gasteiger charge is 2.27. The molecule has 0 spiro atoms. The number of rotatable bonds is 1. The maximum absolute atomic E-state index is 12.4. The second-order valence-corrected chi connectivity index (χ2v) is 5.52. The first-order valence-electron chi connectivity index (χ1n) is 5.60. The van der Waals surface area contributed by atoms with E-state index in [0.29, 0.717) is 16.4 Å². The maximum atomic E-state index is 12.4. The van der Waals surface area contributed by atoms with Crippen LogP contribution in [-0.4, -0.2) is 12.5 Å². The van der Waals surface area contributed by atoms with Gasteiger partial charge in [-0.25, -0.2) is 0 Å². The fourth-order valence-corrected chi connectivity index (χ4v) is 3.29. The number of hydrogen-bond acceptors (Lipinski definition) is 3. The van der Waals surface area contributed by atoms with Crippen LogP contribution in [0.25, 0.3) is 0 Å². The highest BCUT2D eigenvalue weighted by atomic mass is 35.5. The molecule has 2 N–H and O–H groups in total. The third-order valence-corrected chi connectivity index (χ3v) is 4.39. The third-order valence-electron chi connectivity index (χ3n) is 3.06. The number of amides is 1. The number of anilines is 2. The summed E-state index contributed by atoms with van der Waals surface area (Å²) < 4.78 is 0. The molecule has 0 atom stereocenters. The lowest BCUT2D eigenvalue weighted by molar-refractivity contribution is 0.0993. The molecule has 0 unspecified atom stereocenters. The van der Waals surface area contributed by atoms with Gasteiger partial charge in [-0.1, -0.05) is 11.6 Å². The van der Waals surface area contributed by atoms with Gasteiger partial charge in [-0.05, 0) is 41.6 Å². The van der Waals surface area contributed by atoms with Crippen LogP contribution in [0.5, 0.6) is 0 Å². The van der Waals surface area contributed by atoms with E-state index in [4.69, 9.17) is 17.3 Å². The molecule has 5 heteroatoms. The standard InChI is InChI=1S/C13H11ClN2OS/c14-10-4-6-18-12(10)13(17)16-5-3-8-7-9(15)1-2-11(8)16/h1-2,4,6-7H,3,5,15H2. The first-order valence-corrected chi connectivity index (χ1v) is 6.86. The lowest BCUT2D eigenvalue weighted by Gasteiger charge is -2.16. The molecule has 0 saturated carbocycles. The Morgan fingerprint density at radius 1 is 1.39 bits per heavy atom. The third kappa shape index (κ3) is 1.78. The van der Waals surface area contributed by atoms with Crippen LogP contribution in [-0.2, 0) is 6.42 Å². The molecular weight excluding hydrogens is 268 g/mol. The Morgan fingerprint density at radius 3 is 2.94 bits per heavy atom. The summed E-state index contributed by atoms with van der Waals surface area (Å²) in [6, 6.07) is 7.40. The van der Waals surface area contributed by atoms with Crippen molar-refractivity contribution in [3.63, 3.8) is 0 Å². The molecule has 1 aromatic heterocycles. The minimum atomic E-state index is -0.0291. The number of halogens is 1. The normalized spacial score (nSPS) is 13.7. The zero-order valence-electron chi connectivity index (χ0n) is 9.52. The molecule has 3 nitrogen and oxygen atoms in total. The van der Waals surface area contributed by atoms with Crippen molar-refractivity contribution in [3.8, 4) is 0 Å². The van der Waals surface area contributed by atoms with Crippen LogP contribution in [0.15, 0.2) is 29.6 Å². The number of carbonyl (C=O) groups is 1. The van der Waals surface area contributed by atoms with Gasteiger partial charge in [0.2, 0.25) is 0 Å². The van der Waals surface area contributed by atoms with E-state index in [1.54, 1.807) is 11.0 Å². The Hall–Kier alpha value is -1.52. The molecule has 0 saturated heterocycles. The van der Waals surface area contributed by atoms with Gasteiger partial charge in [0.05, 0.1) is 5.02 Å². The summed E-state index contributed by atoms with van der Waals surface area (Å²) in [6.07, 6.45) is 0.842. The summed E-state index contributed by atoms with van der Waals surface area (Å²) in [5.41, 5.74) is 8.55. The Bertz CT molecular complexity index is 623. The van der Waals surface area contributed by atoms with Gasteiger partial charge in [0, 0.05) is 17.9 Å². The van der Waals surface area contributed by atoms with Crippen LogP contribution < -0.4 is 10.6 Å². The van der Waals surface area contributed by atoms with E-state index in [0.717, 1.165) is 23.4 Å². The van der Waals surface area contributed by atoms with Crippen LogP contribution in [0.2, 0.25) is 5.02 Å². The van der Waals surface area contributed by atoms with Crippen LogP contribution in [0, 0.1) is 0 Å². The zero-order valence-corrected chi connectivity index (χ0v) is 11.1. The summed E-state index contributed by atoms with van der Waals surface area (Å²) in [6.45, 7) is 0.686. The number of benzene rings is 1. The SMILES string of the molecule is Nc1ccc2c(c1)CCN2C(=O)c1sccc1Cl. The molecule has 18 heavy (non-hydrogen) atoms. The van der Waals surface area contributed by atoms with E-state index in [-0.39, 0.29) is 5.91 Å². The smallest absolute Gasteiger partial charge is 0.269 e. The Labute approximate surface area is 114 Å². The van der Waals surface area contributed by atoms with Crippen molar-refractivity contribution in [2.75, 3.05) is 17.2 Å². The van der Waals surface area contributed by atoms with Gasteiger partial charge >= 0.3 is 0 Å². The number of fused-ring (bicyclic) bond motifs is 1.